The third-order valence-electron chi connectivity index (χ3n) is 7.42. The maximum Gasteiger partial charge on any atom is 0.318 e. The average Bonchev–Trinajstić information content (AvgIpc) is 3.34. The van der Waals surface area contributed by atoms with Crippen LogP contribution < -0.4 is 15.4 Å². The second-order valence-electron chi connectivity index (χ2n) is 9.98. The third kappa shape index (κ3) is 7.45. The molecule has 2 N–H and O–H groups in total. The van der Waals surface area contributed by atoms with Crippen LogP contribution in [0.1, 0.15) is 43.5 Å². The summed E-state index contributed by atoms with van der Waals surface area (Å²) in [5.74, 6) is 0.198. The van der Waals surface area contributed by atoms with Crippen LogP contribution in [0.5, 0.6) is 6.01 Å². The normalized spacial score (nSPS) is 17.3. The van der Waals surface area contributed by atoms with E-state index < -0.39 is 0 Å². The van der Waals surface area contributed by atoms with Crippen molar-refractivity contribution >= 4 is 17.4 Å². The van der Waals surface area contributed by atoms with Gasteiger partial charge in [0.2, 0.25) is 12.5 Å². The summed E-state index contributed by atoms with van der Waals surface area (Å²) in [5, 5.41) is 0. The van der Waals surface area contributed by atoms with E-state index in [1.54, 1.807) is 17.9 Å². The highest BCUT2D eigenvalue weighted by atomic mass is 19.1. The standard InChI is InChI=1S/C20H26FN5O.C9H14N2O/c1-13-16(21)6-3-7-18(13)26-10-8-15-17(11-26)23-20(24-19(15)22)27-12-14-5-4-9-25(14)2;1-5-9(12)11(6-2)8(3)7-10-4/h3,6-7,14H,4-5,8-12H2,1-2H3,(H2,22,23,24);5,8H,1,6-7H2,2-3H3/t14-;/m0./s1. The monoisotopic (exact) mass is 537 g/mol. The van der Waals surface area contributed by atoms with E-state index in [2.05, 4.69) is 38.2 Å². The number of likely N-dealkylation sites (N-methyl/N-ethyl adjacent to an activating group) is 2. The van der Waals surface area contributed by atoms with E-state index in [-0.39, 0.29) is 17.8 Å². The molecule has 0 radical (unpaired) electrons. The van der Waals surface area contributed by atoms with Gasteiger partial charge in [-0.1, -0.05) is 12.6 Å². The van der Waals surface area contributed by atoms with Gasteiger partial charge in [-0.25, -0.2) is 11.0 Å². The number of carbonyl (C=O) groups excluding carboxylic acids is 1. The van der Waals surface area contributed by atoms with Gasteiger partial charge in [0.05, 0.1) is 12.2 Å². The van der Waals surface area contributed by atoms with Gasteiger partial charge in [0, 0.05) is 35.9 Å². The lowest BCUT2D eigenvalue weighted by molar-refractivity contribution is -0.127. The van der Waals surface area contributed by atoms with Crippen molar-refractivity contribution in [2.75, 3.05) is 50.5 Å². The fourth-order valence-electron chi connectivity index (χ4n) is 5.04. The lowest BCUT2D eigenvalue weighted by Crippen LogP contribution is -2.38. The van der Waals surface area contributed by atoms with Crippen LogP contribution in [-0.2, 0) is 17.8 Å². The molecule has 1 unspecified atom stereocenters. The molecule has 2 aliphatic heterocycles. The Labute approximate surface area is 231 Å². The van der Waals surface area contributed by atoms with Crippen LogP contribution >= 0.6 is 0 Å². The predicted molar refractivity (Wildman–Crippen MR) is 152 cm³/mol. The van der Waals surface area contributed by atoms with E-state index in [4.69, 9.17) is 17.0 Å². The lowest BCUT2D eigenvalue weighted by atomic mass is 10.0. The molecule has 210 valence electrons. The fourth-order valence-corrected chi connectivity index (χ4v) is 5.04. The van der Waals surface area contributed by atoms with Crippen molar-refractivity contribution in [2.45, 2.75) is 58.7 Å². The molecule has 1 aromatic carbocycles. The first-order chi connectivity index (χ1) is 18.7. The molecule has 2 atom stereocenters. The predicted octanol–water partition coefficient (Wildman–Crippen LogP) is 3.87. The molecule has 0 saturated carbocycles. The number of aromatic nitrogens is 2. The van der Waals surface area contributed by atoms with Crippen LogP contribution in [0.4, 0.5) is 15.9 Å². The minimum Gasteiger partial charge on any atom is -0.462 e. The minimum atomic E-state index is -0.190. The van der Waals surface area contributed by atoms with Crippen molar-refractivity contribution in [3.8, 4) is 6.01 Å². The van der Waals surface area contributed by atoms with Crippen molar-refractivity contribution in [1.82, 2.24) is 19.8 Å². The SMILES string of the molecule is Cc1c(F)cccc1N1CCc2c(N)nc(OC[C@@H]3CCCN3C)nc2C1.[C-]#[N+]CC(C)N(CC)C(=O)C=C. The van der Waals surface area contributed by atoms with Gasteiger partial charge in [0.1, 0.15) is 24.3 Å². The number of benzene rings is 1. The Morgan fingerprint density at radius 1 is 1.41 bits per heavy atom. The Morgan fingerprint density at radius 3 is 2.82 bits per heavy atom. The molecule has 2 aromatic rings. The number of likely N-dealkylation sites (tertiary alicyclic amines) is 1. The Hall–Kier alpha value is -3.71. The van der Waals surface area contributed by atoms with Crippen LogP contribution in [-0.4, -0.2) is 77.6 Å². The summed E-state index contributed by atoms with van der Waals surface area (Å²) in [7, 11) is 2.11. The number of anilines is 2. The van der Waals surface area contributed by atoms with Crippen LogP contribution in [0.15, 0.2) is 30.9 Å². The molecular weight excluding hydrogens is 497 g/mol. The quantitative estimate of drug-likeness (QED) is 0.404. The van der Waals surface area contributed by atoms with Gasteiger partial charge >= 0.3 is 6.01 Å². The molecule has 4 rings (SSSR count). The largest absolute Gasteiger partial charge is 0.462 e. The van der Waals surface area contributed by atoms with Gasteiger partial charge in [0.15, 0.2) is 0 Å². The number of nitrogen functional groups attached to an aromatic ring is 1. The molecule has 2 aliphatic rings. The zero-order valence-corrected chi connectivity index (χ0v) is 23.5. The van der Waals surface area contributed by atoms with Gasteiger partial charge in [-0.3, -0.25) is 4.79 Å². The van der Waals surface area contributed by atoms with E-state index in [1.165, 1.54) is 18.6 Å². The smallest absolute Gasteiger partial charge is 0.318 e. The number of hydrogen-bond acceptors (Lipinski definition) is 7. The summed E-state index contributed by atoms with van der Waals surface area (Å²) in [6, 6.07) is 5.90. The topological polar surface area (TPSA) is 92.2 Å². The zero-order valence-electron chi connectivity index (χ0n) is 23.5. The first-order valence-corrected chi connectivity index (χ1v) is 13.4. The molecule has 1 fully saturated rings. The van der Waals surface area contributed by atoms with Crippen LogP contribution in [0, 0.1) is 19.3 Å². The van der Waals surface area contributed by atoms with Crippen molar-refractivity contribution in [1.29, 1.82) is 0 Å². The van der Waals surface area contributed by atoms with Crippen LogP contribution in [0.2, 0.25) is 0 Å². The molecule has 0 aliphatic carbocycles. The molecule has 10 heteroatoms. The number of rotatable bonds is 8. The van der Waals surface area contributed by atoms with E-state index in [0.717, 1.165) is 42.9 Å². The van der Waals surface area contributed by atoms with Crippen molar-refractivity contribution in [2.24, 2.45) is 0 Å². The molecule has 1 aromatic heterocycles. The Kier molecular flexibility index (Phi) is 10.6. The maximum absolute atomic E-state index is 13.9. The summed E-state index contributed by atoms with van der Waals surface area (Å²) in [6.07, 6.45) is 4.34. The number of hydrogen-bond donors (Lipinski definition) is 1. The molecule has 9 nitrogen and oxygen atoms in total. The summed E-state index contributed by atoms with van der Waals surface area (Å²) in [4.78, 5) is 29.4. The van der Waals surface area contributed by atoms with Gasteiger partial charge < -0.3 is 30.0 Å². The van der Waals surface area contributed by atoms with Crippen LogP contribution in [0.25, 0.3) is 4.85 Å². The first-order valence-electron chi connectivity index (χ1n) is 13.4. The number of carbonyl (C=O) groups is 1. The van der Waals surface area contributed by atoms with E-state index in [9.17, 15) is 9.18 Å². The molecule has 39 heavy (non-hydrogen) atoms. The highest BCUT2D eigenvalue weighted by Crippen LogP contribution is 2.30. The fraction of sp³-hybridized carbons (Fsp3) is 0.517. The van der Waals surface area contributed by atoms with Crippen LogP contribution in [0.3, 0.4) is 0 Å². The number of ether oxygens (including phenoxy) is 1. The number of amides is 1. The molecule has 1 amide bonds. The Morgan fingerprint density at radius 2 is 2.18 bits per heavy atom. The number of fused-ring (bicyclic) bond motifs is 1. The first kappa shape index (κ1) is 29.8. The van der Waals surface area contributed by atoms with E-state index in [0.29, 0.717) is 49.7 Å². The van der Waals surface area contributed by atoms with Gasteiger partial charge in [-0.05, 0) is 71.8 Å². The van der Waals surface area contributed by atoms with E-state index >= 15 is 0 Å². The average molecular weight is 538 g/mol. The Bertz CT molecular complexity index is 1200. The summed E-state index contributed by atoms with van der Waals surface area (Å²) in [5.41, 5.74) is 9.57. The van der Waals surface area contributed by atoms with Crippen molar-refractivity contribution in [3.63, 3.8) is 0 Å². The Balaban J connectivity index is 0.000000298. The number of nitrogens with zero attached hydrogens (tertiary/aromatic N) is 6. The van der Waals surface area contributed by atoms with Crippen molar-refractivity contribution < 1.29 is 13.9 Å². The lowest BCUT2D eigenvalue weighted by Gasteiger charge is -2.31. The van der Waals surface area contributed by atoms with Gasteiger partial charge in [-0.15, -0.1) is 0 Å². The maximum atomic E-state index is 13.9. The minimum absolute atomic E-state index is 0.0157. The molecule has 1 saturated heterocycles. The number of halogens is 1. The molecule has 3 heterocycles. The summed E-state index contributed by atoms with van der Waals surface area (Å²) >= 11 is 0. The highest BCUT2D eigenvalue weighted by Gasteiger charge is 2.25. The third-order valence-corrected chi connectivity index (χ3v) is 7.42. The summed E-state index contributed by atoms with van der Waals surface area (Å²) < 4.78 is 19.8. The molecule has 0 spiro atoms. The zero-order chi connectivity index (χ0) is 28.5. The molecular formula is C29H40FN7O2. The van der Waals surface area contributed by atoms with E-state index in [1.807, 2.05) is 19.9 Å². The second-order valence-corrected chi connectivity index (χ2v) is 9.98. The van der Waals surface area contributed by atoms with Gasteiger partial charge in [-0.2, -0.15) is 9.97 Å². The second kappa shape index (κ2) is 13.9. The summed E-state index contributed by atoms with van der Waals surface area (Å²) in [6.45, 7) is 19.6. The molecule has 0 bridgehead atoms. The number of nitrogens with two attached hydrogens (primary N) is 1. The van der Waals surface area contributed by atoms with Crippen molar-refractivity contribution in [3.05, 3.63) is 64.9 Å². The highest BCUT2D eigenvalue weighted by molar-refractivity contribution is 5.87. The van der Waals surface area contributed by atoms with Gasteiger partial charge in [0.25, 0.3) is 0 Å².